The molecule has 4 aromatic rings. The van der Waals surface area contributed by atoms with Crippen molar-refractivity contribution in [3.8, 4) is 11.1 Å². The number of fused-ring (bicyclic) bond motifs is 1. The first kappa shape index (κ1) is 23.9. The smallest absolute Gasteiger partial charge is 0.321 e. The molecule has 0 unspecified atom stereocenters. The molecule has 0 atom stereocenters. The minimum Gasteiger partial charge on any atom is -0.378 e. The van der Waals surface area contributed by atoms with Gasteiger partial charge in [-0.1, -0.05) is 12.1 Å². The number of hydrogen-bond acceptors (Lipinski definition) is 6. The molecule has 2 fully saturated rings. The Labute approximate surface area is 220 Å². The molecule has 2 N–H and O–H groups in total. The van der Waals surface area contributed by atoms with Crippen molar-refractivity contribution in [1.29, 1.82) is 0 Å². The van der Waals surface area contributed by atoms with Crippen LogP contribution in [0.15, 0.2) is 61.2 Å². The fourth-order valence-corrected chi connectivity index (χ4v) is 4.75. The maximum atomic E-state index is 12.8. The van der Waals surface area contributed by atoms with Gasteiger partial charge in [0, 0.05) is 62.2 Å². The Kier molecular flexibility index (Phi) is 6.38. The SMILES string of the molecule is Cc1c(NC(=O)N2CCC2)cccc1-c1cc(Nc2ccc(C(=O)N3CCOCC3)cn2)c2nccn2c1. The van der Waals surface area contributed by atoms with Crippen LogP contribution >= 0.6 is 0 Å². The van der Waals surface area contributed by atoms with Gasteiger partial charge in [0.2, 0.25) is 0 Å². The van der Waals surface area contributed by atoms with Gasteiger partial charge in [-0.25, -0.2) is 14.8 Å². The first-order valence-corrected chi connectivity index (χ1v) is 12.8. The van der Waals surface area contributed by atoms with Gasteiger partial charge >= 0.3 is 6.03 Å². The lowest BCUT2D eigenvalue weighted by Crippen LogP contribution is -2.44. The zero-order valence-electron chi connectivity index (χ0n) is 21.2. The lowest BCUT2D eigenvalue weighted by Gasteiger charge is -2.31. The maximum Gasteiger partial charge on any atom is 0.321 e. The summed E-state index contributed by atoms with van der Waals surface area (Å²) < 4.78 is 7.30. The minimum atomic E-state index is -0.0643. The number of hydrogen-bond donors (Lipinski definition) is 2. The Bertz CT molecular complexity index is 1490. The number of rotatable bonds is 5. The predicted molar refractivity (Wildman–Crippen MR) is 145 cm³/mol. The van der Waals surface area contributed by atoms with E-state index in [0.717, 1.165) is 53.2 Å². The van der Waals surface area contributed by atoms with E-state index in [1.165, 1.54) is 0 Å². The highest BCUT2D eigenvalue weighted by molar-refractivity contribution is 5.94. The first-order chi connectivity index (χ1) is 18.6. The second-order valence-corrected chi connectivity index (χ2v) is 9.51. The van der Waals surface area contributed by atoms with Gasteiger partial charge in [-0.2, -0.15) is 0 Å². The van der Waals surface area contributed by atoms with Gasteiger partial charge in [0.15, 0.2) is 5.65 Å². The summed E-state index contributed by atoms with van der Waals surface area (Å²) in [5.41, 5.74) is 5.83. The van der Waals surface area contributed by atoms with Crippen molar-refractivity contribution in [2.45, 2.75) is 13.3 Å². The summed E-state index contributed by atoms with van der Waals surface area (Å²) in [6.07, 6.45) is 8.31. The number of imidazole rings is 1. The fourth-order valence-electron chi connectivity index (χ4n) is 4.75. The minimum absolute atomic E-state index is 0.0402. The highest BCUT2D eigenvalue weighted by Crippen LogP contribution is 2.32. The Balaban J connectivity index is 1.26. The largest absolute Gasteiger partial charge is 0.378 e. The molecule has 0 radical (unpaired) electrons. The van der Waals surface area contributed by atoms with Crippen molar-refractivity contribution in [2.75, 3.05) is 50.0 Å². The monoisotopic (exact) mass is 511 g/mol. The Morgan fingerprint density at radius 1 is 0.974 bits per heavy atom. The summed E-state index contributed by atoms with van der Waals surface area (Å²) in [4.78, 5) is 37.9. The van der Waals surface area contributed by atoms with Gasteiger partial charge in [-0.3, -0.25) is 4.79 Å². The average Bonchev–Trinajstić information content (AvgIpc) is 3.39. The molecule has 38 heavy (non-hydrogen) atoms. The topological polar surface area (TPSA) is 104 Å². The summed E-state index contributed by atoms with van der Waals surface area (Å²) in [5.74, 6) is 0.569. The summed E-state index contributed by atoms with van der Waals surface area (Å²) in [6, 6.07) is 11.5. The fraction of sp³-hybridized carbons (Fsp3) is 0.286. The molecule has 3 amide bonds. The number of amides is 3. The normalized spacial score (nSPS) is 15.3. The summed E-state index contributed by atoms with van der Waals surface area (Å²) >= 11 is 0. The Morgan fingerprint density at radius 2 is 1.82 bits per heavy atom. The maximum absolute atomic E-state index is 12.8. The molecular formula is C28H29N7O3. The molecule has 0 saturated carbocycles. The van der Waals surface area contributed by atoms with E-state index in [0.29, 0.717) is 37.7 Å². The van der Waals surface area contributed by atoms with Crippen LogP contribution in [0.5, 0.6) is 0 Å². The van der Waals surface area contributed by atoms with Crippen LogP contribution in [0.1, 0.15) is 22.3 Å². The van der Waals surface area contributed by atoms with Crippen molar-refractivity contribution < 1.29 is 14.3 Å². The van der Waals surface area contributed by atoms with E-state index >= 15 is 0 Å². The van der Waals surface area contributed by atoms with Crippen molar-refractivity contribution in [3.05, 3.63) is 72.3 Å². The van der Waals surface area contributed by atoms with Gasteiger partial charge in [0.25, 0.3) is 5.91 Å². The quantitative estimate of drug-likeness (QED) is 0.417. The molecule has 2 aliphatic heterocycles. The number of morpholine rings is 1. The van der Waals surface area contributed by atoms with Crippen LogP contribution in [-0.2, 0) is 4.74 Å². The van der Waals surface area contributed by atoms with E-state index in [1.807, 2.05) is 48.0 Å². The highest BCUT2D eigenvalue weighted by Gasteiger charge is 2.21. The van der Waals surface area contributed by atoms with Crippen LogP contribution in [0.4, 0.5) is 22.0 Å². The molecule has 0 aliphatic carbocycles. The van der Waals surface area contributed by atoms with Gasteiger partial charge < -0.3 is 29.6 Å². The van der Waals surface area contributed by atoms with Crippen LogP contribution in [0.3, 0.4) is 0 Å². The first-order valence-electron chi connectivity index (χ1n) is 12.8. The third kappa shape index (κ3) is 4.66. The third-order valence-corrected chi connectivity index (χ3v) is 7.09. The number of nitrogens with one attached hydrogen (secondary N) is 2. The van der Waals surface area contributed by atoms with Crippen LogP contribution in [0.25, 0.3) is 16.8 Å². The summed E-state index contributed by atoms with van der Waals surface area (Å²) in [5, 5.41) is 6.42. The molecule has 2 saturated heterocycles. The van der Waals surface area contributed by atoms with Gasteiger partial charge in [0.05, 0.1) is 24.5 Å². The number of benzene rings is 1. The number of urea groups is 1. The molecule has 5 heterocycles. The highest BCUT2D eigenvalue weighted by atomic mass is 16.5. The molecule has 2 aliphatic rings. The number of nitrogens with zero attached hydrogens (tertiary/aromatic N) is 5. The van der Waals surface area contributed by atoms with E-state index < -0.39 is 0 Å². The lowest BCUT2D eigenvalue weighted by molar-refractivity contribution is 0.0302. The standard InChI is InChI=1S/C28H29N7O3/c1-19-22(4-2-5-23(19)32-28(37)34-9-3-10-34)21-16-24(26-29-8-11-35(26)18-21)31-25-7-6-20(17-30-25)27(36)33-12-14-38-15-13-33/h2,4-8,11,16-18H,3,9-10,12-15H2,1H3,(H,30,31)(H,32,37). The molecule has 0 spiro atoms. The van der Waals surface area contributed by atoms with E-state index in [9.17, 15) is 9.59 Å². The number of carbonyl (C=O) groups excluding carboxylic acids is 2. The number of pyridine rings is 2. The van der Waals surface area contributed by atoms with E-state index in [-0.39, 0.29) is 11.9 Å². The summed E-state index contributed by atoms with van der Waals surface area (Å²) in [6.45, 7) is 5.90. The molecular weight excluding hydrogens is 482 g/mol. The Hall–Kier alpha value is -4.44. The van der Waals surface area contributed by atoms with E-state index in [1.54, 1.807) is 34.3 Å². The van der Waals surface area contributed by atoms with Crippen LogP contribution < -0.4 is 10.6 Å². The zero-order chi connectivity index (χ0) is 26.1. The van der Waals surface area contributed by atoms with Crippen molar-refractivity contribution in [3.63, 3.8) is 0 Å². The lowest BCUT2D eigenvalue weighted by atomic mass is 10.00. The van der Waals surface area contributed by atoms with Gasteiger partial charge in [0.1, 0.15) is 5.82 Å². The van der Waals surface area contributed by atoms with Crippen molar-refractivity contribution >= 4 is 34.8 Å². The molecule has 10 heteroatoms. The molecule has 6 rings (SSSR count). The molecule has 1 aromatic carbocycles. The Morgan fingerprint density at radius 3 is 2.55 bits per heavy atom. The number of likely N-dealkylation sites (tertiary alicyclic amines) is 1. The summed E-state index contributed by atoms with van der Waals surface area (Å²) in [7, 11) is 0. The van der Waals surface area contributed by atoms with Crippen LogP contribution in [0, 0.1) is 6.92 Å². The van der Waals surface area contributed by atoms with Gasteiger partial charge in [-0.15, -0.1) is 0 Å². The number of aromatic nitrogens is 3. The molecule has 3 aromatic heterocycles. The predicted octanol–water partition coefficient (Wildman–Crippen LogP) is 4.16. The second-order valence-electron chi connectivity index (χ2n) is 9.51. The number of ether oxygens (including phenoxy) is 1. The third-order valence-electron chi connectivity index (χ3n) is 7.09. The molecule has 0 bridgehead atoms. The zero-order valence-corrected chi connectivity index (χ0v) is 21.2. The molecule has 194 valence electrons. The van der Waals surface area contributed by atoms with Crippen molar-refractivity contribution in [1.82, 2.24) is 24.2 Å². The van der Waals surface area contributed by atoms with Gasteiger partial charge in [-0.05, 0) is 48.7 Å². The number of anilines is 3. The van der Waals surface area contributed by atoms with E-state index in [2.05, 4.69) is 20.6 Å². The van der Waals surface area contributed by atoms with E-state index in [4.69, 9.17) is 4.74 Å². The van der Waals surface area contributed by atoms with Crippen LogP contribution in [-0.4, -0.2) is 75.5 Å². The van der Waals surface area contributed by atoms with Crippen molar-refractivity contribution in [2.24, 2.45) is 0 Å². The molecule has 10 nitrogen and oxygen atoms in total. The second kappa shape index (κ2) is 10.1. The number of carbonyl (C=O) groups is 2. The average molecular weight is 512 g/mol. The van der Waals surface area contributed by atoms with Crippen LogP contribution in [0.2, 0.25) is 0 Å².